The predicted octanol–water partition coefficient (Wildman–Crippen LogP) is 2.98. The summed E-state index contributed by atoms with van der Waals surface area (Å²) in [7, 11) is 0. The molecule has 3 atom stereocenters. The Kier molecular flexibility index (Phi) is 7.16. The fourth-order valence-electron chi connectivity index (χ4n) is 3.55. The van der Waals surface area contributed by atoms with E-state index < -0.39 is 0 Å². The van der Waals surface area contributed by atoms with E-state index >= 15 is 0 Å². The number of nitrogens with one attached hydrogen (secondary N) is 1. The van der Waals surface area contributed by atoms with Crippen LogP contribution in [0.3, 0.4) is 0 Å². The van der Waals surface area contributed by atoms with E-state index in [2.05, 4.69) is 24.1 Å². The lowest BCUT2D eigenvalue weighted by atomic mass is 9.87. The molecule has 1 N–H and O–H groups in total. The first-order valence-electron chi connectivity index (χ1n) is 7.75. The van der Waals surface area contributed by atoms with Crippen molar-refractivity contribution in [2.45, 2.75) is 70.9 Å². The molecule has 0 bridgehead atoms. The fourth-order valence-corrected chi connectivity index (χ4v) is 3.55. The lowest BCUT2D eigenvalue weighted by Gasteiger charge is -2.40. The first-order valence-corrected chi connectivity index (χ1v) is 7.75. The highest BCUT2D eigenvalue weighted by molar-refractivity contribution is 5.85. The zero-order valence-corrected chi connectivity index (χ0v) is 13.2. The molecule has 19 heavy (non-hydrogen) atoms. The lowest BCUT2D eigenvalue weighted by Crippen LogP contribution is -2.48. The van der Waals surface area contributed by atoms with Crippen LogP contribution in [0, 0.1) is 5.92 Å². The smallest absolute Gasteiger partial charge is 0.224 e. The molecule has 2 heterocycles. The van der Waals surface area contributed by atoms with Gasteiger partial charge in [0.05, 0.1) is 0 Å². The van der Waals surface area contributed by atoms with E-state index in [1.807, 2.05) is 0 Å². The summed E-state index contributed by atoms with van der Waals surface area (Å²) in [6.07, 6.45) is 7.94. The van der Waals surface area contributed by atoms with Gasteiger partial charge in [-0.1, -0.05) is 20.3 Å². The molecular weight excluding hydrogens is 260 g/mol. The van der Waals surface area contributed by atoms with Crippen LogP contribution < -0.4 is 5.32 Å². The van der Waals surface area contributed by atoms with Crippen LogP contribution in [0.5, 0.6) is 0 Å². The van der Waals surface area contributed by atoms with Crippen molar-refractivity contribution >= 4 is 18.3 Å². The molecule has 2 aliphatic rings. The van der Waals surface area contributed by atoms with Gasteiger partial charge in [0.2, 0.25) is 5.91 Å². The van der Waals surface area contributed by atoms with Gasteiger partial charge in [-0.25, -0.2) is 0 Å². The lowest BCUT2D eigenvalue weighted by molar-refractivity contribution is -0.137. The summed E-state index contributed by atoms with van der Waals surface area (Å²) >= 11 is 0. The standard InChI is InChI=1S/C15H28N2O.ClH/c1-3-6-14-12(2)7-5-10-17(14)15(18)11-13-8-4-9-16-13;/h12-14,16H,3-11H2,1-2H3;1H. The van der Waals surface area contributed by atoms with Gasteiger partial charge in [-0.15, -0.1) is 12.4 Å². The van der Waals surface area contributed by atoms with Crippen molar-refractivity contribution < 1.29 is 4.79 Å². The third-order valence-corrected chi connectivity index (χ3v) is 4.60. The van der Waals surface area contributed by atoms with E-state index in [0.717, 1.165) is 13.1 Å². The second kappa shape index (κ2) is 8.11. The van der Waals surface area contributed by atoms with Gasteiger partial charge in [-0.3, -0.25) is 4.79 Å². The molecule has 4 heteroatoms. The quantitative estimate of drug-likeness (QED) is 0.862. The maximum absolute atomic E-state index is 12.5. The molecule has 2 aliphatic heterocycles. The second-order valence-corrected chi connectivity index (χ2v) is 6.06. The van der Waals surface area contributed by atoms with Crippen molar-refractivity contribution in [3.05, 3.63) is 0 Å². The Morgan fingerprint density at radius 1 is 1.32 bits per heavy atom. The molecule has 2 saturated heterocycles. The highest BCUT2D eigenvalue weighted by atomic mass is 35.5. The zero-order valence-electron chi connectivity index (χ0n) is 12.4. The third kappa shape index (κ3) is 4.35. The molecule has 0 spiro atoms. The first kappa shape index (κ1) is 16.8. The van der Waals surface area contributed by atoms with Crippen LogP contribution in [0.2, 0.25) is 0 Å². The molecule has 3 nitrogen and oxygen atoms in total. The van der Waals surface area contributed by atoms with Crippen molar-refractivity contribution in [3.63, 3.8) is 0 Å². The molecule has 2 fully saturated rings. The van der Waals surface area contributed by atoms with Crippen LogP contribution in [0.15, 0.2) is 0 Å². The third-order valence-electron chi connectivity index (χ3n) is 4.60. The van der Waals surface area contributed by atoms with E-state index in [1.54, 1.807) is 0 Å². The maximum Gasteiger partial charge on any atom is 0.224 e. The van der Waals surface area contributed by atoms with Gasteiger partial charge in [-0.2, -0.15) is 0 Å². The van der Waals surface area contributed by atoms with Crippen molar-refractivity contribution in [2.24, 2.45) is 5.92 Å². The van der Waals surface area contributed by atoms with Crippen LogP contribution in [-0.2, 0) is 4.79 Å². The van der Waals surface area contributed by atoms with E-state index in [0.29, 0.717) is 30.3 Å². The number of piperidine rings is 1. The summed E-state index contributed by atoms with van der Waals surface area (Å²) < 4.78 is 0. The van der Waals surface area contributed by atoms with Gasteiger partial charge in [0.1, 0.15) is 0 Å². The summed E-state index contributed by atoms with van der Waals surface area (Å²) in [4.78, 5) is 14.7. The SMILES string of the molecule is CCCC1C(C)CCCN1C(=O)CC1CCCN1.Cl. The summed E-state index contributed by atoms with van der Waals surface area (Å²) in [5.41, 5.74) is 0. The molecule has 0 aromatic carbocycles. The normalized spacial score (nSPS) is 31.1. The Morgan fingerprint density at radius 3 is 2.74 bits per heavy atom. The van der Waals surface area contributed by atoms with Crippen molar-refractivity contribution in [1.29, 1.82) is 0 Å². The Morgan fingerprint density at radius 2 is 2.11 bits per heavy atom. The van der Waals surface area contributed by atoms with Gasteiger partial charge >= 0.3 is 0 Å². The molecule has 0 aliphatic carbocycles. The number of halogens is 1. The van der Waals surface area contributed by atoms with E-state index in [9.17, 15) is 4.79 Å². The molecular formula is C15H29ClN2O. The molecule has 112 valence electrons. The molecule has 2 rings (SSSR count). The highest BCUT2D eigenvalue weighted by Crippen LogP contribution is 2.27. The van der Waals surface area contributed by atoms with Gasteiger partial charge < -0.3 is 10.2 Å². The van der Waals surface area contributed by atoms with Crippen molar-refractivity contribution in [2.75, 3.05) is 13.1 Å². The van der Waals surface area contributed by atoms with Crippen LogP contribution in [-0.4, -0.2) is 36.0 Å². The number of hydrogen-bond acceptors (Lipinski definition) is 2. The number of nitrogens with zero attached hydrogens (tertiary/aromatic N) is 1. The number of carbonyl (C=O) groups excluding carboxylic acids is 1. The van der Waals surface area contributed by atoms with Gasteiger partial charge in [-0.05, 0) is 44.6 Å². The topological polar surface area (TPSA) is 32.3 Å². The Hall–Kier alpha value is -0.280. The summed E-state index contributed by atoms with van der Waals surface area (Å²) in [5, 5.41) is 3.44. The van der Waals surface area contributed by atoms with E-state index in [1.165, 1.54) is 38.5 Å². The number of likely N-dealkylation sites (tertiary alicyclic amines) is 1. The summed E-state index contributed by atoms with van der Waals surface area (Å²) in [6.45, 7) is 6.61. The molecule has 0 aromatic rings. The number of rotatable bonds is 4. The average Bonchev–Trinajstić information content (AvgIpc) is 2.84. The van der Waals surface area contributed by atoms with Crippen LogP contribution >= 0.6 is 12.4 Å². The zero-order chi connectivity index (χ0) is 13.0. The average molecular weight is 289 g/mol. The largest absolute Gasteiger partial charge is 0.339 e. The fraction of sp³-hybridized carbons (Fsp3) is 0.933. The minimum absolute atomic E-state index is 0. The summed E-state index contributed by atoms with van der Waals surface area (Å²) in [6, 6.07) is 0.940. The minimum Gasteiger partial charge on any atom is -0.339 e. The van der Waals surface area contributed by atoms with E-state index in [-0.39, 0.29) is 12.4 Å². The minimum atomic E-state index is 0. The summed E-state index contributed by atoms with van der Waals surface area (Å²) in [5.74, 6) is 1.07. The monoisotopic (exact) mass is 288 g/mol. The first-order chi connectivity index (χ1) is 8.72. The van der Waals surface area contributed by atoms with Crippen LogP contribution in [0.25, 0.3) is 0 Å². The predicted molar refractivity (Wildman–Crippen MR) is 81.7 cm³/mol. The Bertz CT molecular complexity index is 279. The second-order valence-electron chi connectivity index (χ2n) is 6.06. The molecule has 0 radical (unpaired) electrons. The number of carbonyl (C=O) groups is 1. The van der Waals surface area contributed by atoms with Crippen molar-refractivity contribution in [1.82, 2.24) is 10.2 Å². The Labute approximate surface area is 123 Å². The number of hydrogen-bond donors (Lipinski definition) is 1. The highest BCUT2D eigenvalue weighted by Gasteiger charge is 2.32. The molecule has 3 unspecified atom stereocenters. The van der Waals surface area contributed by atoms with E-state index in [4.69, 9.17) is 0 Å². The molecule has 1 amide bonds. The van der Waals surface area contributed by atoms with Crippen molar-refractivity contribution in [3.8, 4) is 0 Å². The molecule has 0 aromatic heterocycles. The van der Waals surface area contributed by atoms with Gasteiger partial charge in [0.25, 0.3) is 0 Å². The molecule has 0 saturated carbocycles. The number of amides is 1. The van der Waals surface area contributed by atoms with Crippen LogP contribution in [0.4, 0.5) is 0 Å². The Balaban J connectivity index is 0.00000180. The maximum atomic E-state index is 12.5. The van der Waals surface area contributed by atoms with Gasteiger partial charge in [0.15, 0.2) is 0 Å². The van der Waals surface area contributed by atoms with Gasteiger partial charge in [0, 0.05) is 25.0 Å². The van der Waals surface area contributed by atoms with Crippen LogP contribution in [0.1, 0.15) is 58.8 Å².